The van der Waals surface area contributed by atoms with Gasteiger partial charge in [-0.25, -0.2) is 9.59 Å². The van der Waals surface area contributed by atoms with Crippen LogP contribution in [0.1, 0.15) is 53.4 Å². The van der Waals surface area contributed by atoms with Gasteiger partial charge in [-0.1, -0.05) is 6.92 Å². The first-order valence-corrected chi connectivity index (χ1v) is 9.49. The van der Waals surface area contributed by atoms with Crippen LogP contribution >= 0.6 is 0 Å². The van der Waals surface area contributed by atoms with Gasteiger partial charge in [0.2, 0.25) is 0 Å². The predicted molar refractivity (Wildman–Crippen MR) is 98.0 cm³/mol. The topological polar surface area (TPSA) is 134 Å². The minimum absolute atomic E-state index is 0.166. The van der Waals surface area contributed by atoms with Gasteiger partial charge < -0.3 is 15.4 Å². The van der Waals surface area contributed by atoms with Crippen LogP contribution in [0.3, 0.4) is 0 Å². The third-order valence-corrected chi connectivity index (χ3v) is 4.99. The summed E-state index contributed by atoms with van der Waals surface area (Å²) in [5, 5.41) is 7.24. The molecule has 1 aliphatic heterocycles. The highest BCUT2D eigenvalue weighted by Gasteiger charge is 2.52. The van der Waals surface area contributed by atoms with Gasteiger partial charge in [0, 0.05) is 6.04 Å². The molecule has 2 fully saturated rings. The summed E-state index contributed by atoms with van der Waals surface area (Å²) in [7, 11) is 0. The van der Waals surface area contributed by atoms with Crippen molar-refractivity contribution in [1.82, 2.24) is 20.9 Å². The number of ether oxygens (including phenoxy) is 1. The Balaban J connectivity index is 1.88. The van der Waals surface area contributed by atoms with Crippen LogP contribution in [0.25, 0.3) is 0 Å². The van der Waals surface area contributed by atoms with Gasteiger partial charge in [0.15, 0.2) is 6.10 Å². The number of hydrogen-bond acceptors (Lipinski definition) is 6. The lowest BCUT2D eigenvalue weighted by Gasteiger charge is -2.33. The molecule has 1 unspecified atom stereocenters. The molecule has 3 N–H and O–H groups in total. The molecule has 28 heavy (non-hydrogen) atoms. The van der Waals surface area contributed by atoms with E-state index in [-0.39, 0.29) is 6.04 Å². The Kier molecular flexibility index (Phi) is 6.63. The molecule has 10 nitrogen and oxygen atoms in total. The second-order valence-corrected chi connectivity index (χ2v) is 7.84. The third kappa shape index (κ3) is 4.99. The quantitative estimate of drug-likeness (QED) is 0.461. The average molecular weight is 396 g/mol. The highest BCUT2D eigenvalue weighted by molar-refractivity contribution is 6.08. The molecule has 1 spiro atoms. The molecule has 10 heteroatoms. The van der Waals surface area contributed by atoms with E-state index in [2.05, 4.69) is 22.9 Å². The smallest absolute Gasteiger partial charge is 0.327 e. The summed E-state index contributed by atoms with van der Waals surface area (Å²) in [5.74, 6) is -1.66. The van der Waals surface area contributed by atoms with Gasteiger partial charge in [-0.3, -0.25) is 24.6 Å². The van der Waals surface area contributed by atoms with Crippen molar-refractivity contribution in [3.05, 3.63) is 0 Å². The summed E-state index contributed by atoms with van der Waals surface area (Å²) in [6.45, 7) is 6.26. The van der Waals surface area contributed by atoms with E-state index < -0.39 is 48.0 Å². The molecule has 1 saturated carbocycles. The Morgan fingerprint density at radius 3 is 2.39 bits per heavy atom. The van der Waals surface area contributed by atoms with Gasteiger partial charge in [-0.15, -0.1) is 0 Å². The number of esters is 1. The number of carbonyl (C=O) groups excluding carboxylic acids is 5. The van der Waals surface area contributed by atoms with Gasteiger partial charge in [0.1, 0.15) is 12.1 Å². The molecule has 0 bridgehead atoms. The van der Waals surface area contributed by atoms with Gasteiger partial charge in [0.25, 0.3) is 11.8 Å². The molecule has 2 rings (SSSR count). The lowest BCUT2D eigenvalue weighted by Crippen LogP contribution is -2.50. The Hall–Kier alpha value is -2.65. The minimum Gasteiger partial charge on any atom is -0.451 e. The summed E-state index contributed by atoms with van der Waals surface area (Å²) >= 11 is 0. The van der Waals surface area contributed by atoms with Crippen LogP contribution in [0.5, 0.6) is 0 Å². The molecule has 6 amide bonds. The van der Waals surface area contributed by atoms with E-state index >= 15 is 0 Å². The van der Waals surface area contributed by atoms with E-state index in [1.165, 1.54) is 6.92 Å². The Morgan fingerprint density at radius 1 is 1.21 bits per heavy atom. The predicted octanol–water partition coefficient (Wildman–Crippen LogP) is 0.653. The number of urea groups is 2. The van der Waals surface area contributed by atoms with Crippen molar-refractivity contribution in [1.29, 1.82) is 0 Å². The zero-order chi connectivity index (χ0) is 21.1. The van der Waals surface area contributed by atoms with Crippen molar-refractivity contribution in [3.8, 4) is 0 Å². The first-order chi connectivity index (χ1) is 13.0. The maximum atomic E-state index is 12.7. The second kappa shape index (κ2) is 8.57. The van der Waals surface area contributed by atoms with Crippen LogP contribution in [0.4, 0.5) is 9.59 Å². The molecule has 1 atom stereocenters. The minimum atomic E-state index is -1.25. The zero-order valence-electron chi connectivity index (χ0n) is 16.7. The maximum absolute atomic E-state index is 12.7. The summed E-state index contributed by atoms with van der Waals surface area (Å²) in [6, 6.07) is -1.50. The van der Waals surface area contributed by atoms with Crippen LogP contribution < -0.4 is 16.0 Å². The monoisotopic (exact) mass is 396 g/mol. The van der Waals surface area contributed by atoms with Crippen molar-refractivity contribution < 1.29 is 28.7 Å². The summed E-state index contributed by atoms with van der Waals surface area (Å²) in [5.41, 5.74) is -0.943. The fourth-order valence-electron chi connectivity index (χ4n) is 3.34. The Morgan fingerprint density at radius 2 is 1.82 bits per heavy atom. The van der Waals surface area contributed by atoms with Crippen molar-refractivity contribution in [3.63, 3.8) is 0 Å². The molecule has 0 radical (unpaired) electrons. The number of imide groups is 2. The number of carbonyl (C=O) groups is 5. The molecular weight excluding hydrogens is 368 g/mol. The summed E-state index contributed by atoms with van der Waals surface area (Å²) in [6.07, 6.45) is 1.46. The lowest BCUT2D eigenvalue weighted by atomic mass is 9.77. The summed E-state index contributed by atoms with van der Waals surface area (Å²) < 4.78 is 4.96. The van der Waals surface area contributed by atoms with Crippen LogP contribution in [-0.2, 0) is 19.1 Å². The van der Waals surface area contributed by atoms with Crippen molar-refractivity contribution in [2.24, 2.45) is 5.92 Å². The van der Waals surface area contributed by atoms with E-state index in [4.69, 9.17) is 4.74 Å². The van der Waals surface area contributed by atoms with E-state index in [1.807, 2.05) is 0 Å². The maximum Gasteiger partial charge on any atom is 0.327 e. The highest BCUT2D eigenvalue weighted by Crippen LogP contribution is 2.36. The number of nitrogens with zero attached hydrogens (tertiary/aromatic N) is 1. The average Bonchev–Trinajstić information content (AvgIpc) is 2.81. The largest absolute Gasteiger partial charge is 0.451 e. The number of rotatable bonds is 5. The molecule has 0 aromatic rings. The second-order valence-electron chi connectivity index (χ2n) is 7.84. The van der Waals surface area contributed by atoms with Crippen LogP contribution in [0.2, 0.25) is 0 Å². The van der Waals surface area contributed by atoms with Crippen molar-refractivity contribution >= 4 is 29.8 Å². The Labute approximate surface area is 163 Å². The standard InChI is InChI=1S/C18H28N4O6/c1-10(2)19-16(26)20-14(24)12(4)28-13(23)9-22-15(25)18(21-17(22)27)7-5-11(3)6-8-18/h10-12H,5-9H2,1-4H3,(H,21,27)(H2,19,20,24,26). The first-order valence-electron chi connectivity index (χ1n) is 9.49. The van der Waals surface area contributed by atoms with Crippen molar-refractivity contribution in [2.75, 3.05) is 6.54 Å². The van der Waals surface area contributed by atoms with Gasteiger partial charge in [-0.2, -0.15) is 0 Å². The molecule has 1 aliphatic carbocycles. The molecule has 0 aromatic heterocycles. The first kappa shape index (κ1) is 21.6. The fourth-order valence-corrected chi connectivity index (χ4v) is 3.34. The SMILES string of the molecule is CC1CCC2(CC1)NC(=O)N(CC(=O)OC(C)C(=O)NC(=O)NC(C)C)C2=O. The third-order valence-electron chi connectivity index (χ3n) is 4.99. The summed E-state index contributed by atoms with van der Waals surface area (Å²) in [4.78, 5) is 61.3. The normalized spacial score (nSPS) is 25.5. The molecule has 0 aromatic carbocycles. The van der Waals surface area contributed by atoms with Gasteiger partial charge >= 0.3 is 18.0 Å². The molecular formula is C18H28N4O6. The number of hydrogen-bond donors (Lipinski definition) is 3. The Bertz CT molecular complexity index is 669. The molecule has 1 heterocycles. The number of nitrogens with one attached hydrogen (secondary N) is 3. The van der Waals surface area contributed by atoms with Crippen molar-refractivity contribution in [2.45, 2.75) is 71.1 Å². The fraction of sp³-hybridized carbons (Fsp3) is 0.722. The van der Waals surface area contributed by atoms with E-state index in [0.29, 0.717) is 18.8 Å². The zero-order valence-corrected chi connectivity index (χ0v) is 16.7. The number of amides is 6. The van der Waals surface area contributed by atoms with E-state index in [1.54, 1.807) is 13.8 Å². The molecule has 156 valence electrons. The van der Waals surface area contributed by atoms with E-state index in [0.717, 1.165) is 17.7 Å². The van der Waals surface area contributed by atoms with Crippen LogP contribution in [-0.4, -0.2) is 59.0 Å². The lowest BCUT2D eigenvalue weighted by molar-refractivity contribution is -0.156. The van der Waals surface area contributed by atoms with E-state index in [9.17, 15) is 24.0 Å². The molecule has 2 aliphatic rings. The van der Waals surface area contributed by atoms with Crippen LogP contribution in [0, 0.1) is 5.92 Å². The highest BCUT2D eigenvalue weighted by atomic mass is 16.5. The van der Waals surface area contributed by atoms with Gasteiger partial charge in [0.05, 0.1) is 0 Å². The van der Waals surface area contributed by atoms with Gasteiger partial charge in [-0.05, 0) is 52.4 Å². The van der Waals surface area contributed by atoms with Crippen LogP contribution in [0.15, 0.2) is 0 Å². The molecule has 1 saturated heterocycles.